The minimum Gasteiger partial charge on any atom is -0.508 e. The lowest BCUT2D eigenvalue weighted by Crippen LogP contribution is -2.10. The first-order valence-electron chi connectivity index (χ1n) is 21.9. The van der Waals surface area contributed by atoms with Crippen molar-refractivity contribution in [3.63, 3.8) is 0 Å². The maximum Gasteiger partial charge on any atom is 0.134 e. The van der Waals surface area contributed by atoms with Gasteiger partial charge in [-0.3, -0.25) is 0 Å². The molecule has 0 aromatic heterocycles. The number of aryl methyl sites for hydroxylation is 4. The summed E-state index contributed by atoms with van der Waals surface area (Å²) in [5, 5.41) is 40.1. The fourth-order valence-corrected chi connectivity index (χ4v) is 8.25. The van der Waals surface area contributed by atoms with Crippen LogP contribution in [-0.2, 0) is 0 Å². The monoisotopic (exact) mass is 884 g/mol. The van der Waals surface area contributed by atoms with Crippen LogP contribution in [0.3, 0.4) is 0 Å². The van der Waals surface area contributed by atoms with Crippen LogP contribution in [0.4, 0.5) is 0 Å². The normalized spacial score (nSPS) is 11.1. The SMILES string of the molecule is Cc1cc(-c2cc(C)c(Oc3ccc(O)cc3)c(C(c3ccccc3)c3cc(-c4ccc(Oc5ccc(O)cc5)c(C)c4)cc(C)c3Oc3ccc(O)cc3)c2)ccc1Oc1ccc(O)cc1. The van der Waals surface area contributed by atoms with Crippen molar-refractivity contribution in [1.82, 2.24) is 0 Å². The number of hydrogen-bond donors (Lipinski definition) is 4. The van der Waals surface area contributed by atoms with Crippen LogP contribution in [0.25, 0.3) is 22.3 Å². The van der Waals surface area contributed by atoms with Gasteiger partial charge >= 0.3 is 0 Å². The first-order valence-corrected chi connectivity index (χ1v) is 21.9. The zero-order chi connectivity index (χ0) is 46.6. The molecule has 0 aliphatic carbocycles. The fraction of sp³-hybridized carbons (Fsp3) is 0.0847. The smallest absolute Gasteiger partial charge is 0.134 e. The van der Waals surface area contributed by atoms with Crippen molar-refractivity contribution in [2.24, 2.45) is 0 Å². The molecule has 0 atom stereocenters. The van der Waals surface area contributed by atoms with Crippen molar-refractivity contribution >= 4 is 0 Å². The Morgan fingerprint density at radius 3 is 0.985 bits per heavy atom. The Labute approximate surface area is 389 Å². The molecule has 0 aliphatic rings. The van der Waals surface area contributed by atoms with Gasteiger partial charge in [0.2, 0.25) is 0 Å². The van der Waals surface area contributed by atoms with E-state index in [0.717, 1.165) is 61.2 Å². The summed E-state index contributed by atoms with van der Waals surface area (Å²) in [5.74, 6) is 5.17. The third-order valence-corrected chi connectivity index (χ3v) is 11.6. The summed E-state index contributed by atoms with van der Waals surface area (Å²) in [6, 6.07) is 57.9. The predicted molar refractivity (Wildman–Crippen MR) is 263 cm³/mol. The van der Waals surface area contributed by atoms with Gasteiger partial charge in [-0.2, -0.15) is 0 Å². The van der Waals surface area contributed by atoms with Gasteiger partial charge in [0.25, 0.3) is 0 Å². The summed E-state index contributed by atoms with van der Waals surface area (Å²) in [5.41, 5.74) is 10.2. The van der Waals surface area contributed by atoms with Gasteiger partial charge in [-0.1, -0.05) is 42.5 Å². The molecule has 4 N–H and O–H groups in total. The Morgan fingerprint density at radius 1 is 0.313 bits per heavy atom. The second kappa shape index (κ2) is 18.8. The molecule has 0 fully saturated rings. The molecule has 9 aromatic carbocycles. The summed E-state index contributed by atoms with van der Waals surface area (Å²) >= 11 is 0. The van der Waals surface area contributed by atoms with Crippen molar-refractivity contribution in [2.75, 3.05) is 0 Å². The highest BCUT2D eigenvalue weighted by Gasteiger charge is 2.29. The molecule has 0 saturated heterocycles. The molecule has 0 amide bonds. The molecular formula is C59H48O8. The zero-order valence-corrected chi connectivity index (χ0v) is 37.4. The van der Waals surface area contributed by atoms with Gasteiger partial charge in [-0.15, -0.1) is 0 Å². The summed E-state index contributed by atoms with van der Waals surface area (Å²) in [6.07, 6.45) is 0. The Balaban J connectivity index is 1.23. The lowest BCUT2D eigenvalue weighted by molar-refractivity contribution is 0.454. The van der Waals surface area contributed by atoms with Gasteiger partial charge in [0.05, 0.1) is 0 Å². The highest BCUT2D eigenvalue weighted by atomic mass is 16.5. The molecule has 67 heavy (non-hydrogen) atoms. The minimum atomic E-state index is -0.464. The Kier molecular flexibility index (Phi) is 12.3. The molecule has 0 aliphatic heterocycles. The molecule has 0 heterocycles. The lowest BCUT2D eigenvalue weighted by atomic mass is 9.80. The average molecular weight is 885 g/mol. The Bertz CT molecular complexity index is 2980. The molecule has 0 radical (unpaired) electrons. The van der Waals surface area contributed by atoms with E-state index in [-0.39, 0.29) is 23.0 Å². The zero-order valence-electron chi connectivity index (χ0n) is 37.4. The van der Waals surface area contributed by atoms with E-state index < -0.39 is 5.92 Å². The fourth-order valence-electron chi connectivity index (χ4n) is 8.25. The van der Waals surface area contributed by atoms with Crippen molar-refractivity contribution in [1.29, 1.82) is 0 Å². The van der Waals surface area contributed by atoms with E-state index in [9.17, 15) is 20.4 Å². The highest BCUT2D eigenvalue weighted by molar-refractivity contribution is 5.74. The predicted octanol–water partition coefficient (Wildman–Crippen LogP) is 15.4. The third-order valence-electron chi connectivity index (χ3n) is 11.6. The van der Waals surface area contributed by atoms with Gasteiger partial charge in [-0.25, -0.2) is 0 Å². The molecule has 0 saturated carbocycles. The lowest BCUT2D eigenvalue weighted by Gasteiger charge is -2.27. The average Bonchev–Trinajstić information content (AvgIpc) is 3.32. The summed E-state index contributed by atoms with van der Waals surface area (Å²) < 4.78 is 26.2. The number of benzene rings is 9. The van der Waals surface area contributed by atoms with E-state index in [0.29, 0.717) is 46.0 Å². The summed E-state index contributed by atoms with van der Waals surface area (Å²) in [7, 11) is 0. The van der Waals surface area contributed by atoms with Gasteiger partial charge in [0, 0.05) is 17.0 Å². The summed E-state index contributed by atoms with van der Waals surface area (Å²) in [4.78, 5) is 0. The first-order chi connectivity index (χ1) is 32.4. The van der Waals surface area contributed by atoms with E-state index in [1.807, 2.05) is 70.2 Å². The number of phenolic OH excluding ortho intramolecular Hbond substituents is 4. The van der Waals surface area contributed by atoms with Crippen LogP contribution >= 0.6 is 0 Å². The molecule has 8 nitrogen and oxygen atoms in total. The molecule has 332 valence electrons. The highest BCUT2D eigenvalue weighted by Crippen LogP contribution is 2.49. The maximum absolute atomic E-state index is 10.2. The molecule has 8 heteroatoms. The van der Waals surface area contributed by atoms with Crippen LogP contribution in [0.15, 0.2) is 188 Å². The maximum atomic E-state index is 10.2. The molecule has 9 aromatic rings. The van der Waals surface area contributed by atoms with Gasteiger partial charge < -0.3 is 39.4 Å². The first kappa shape index (κ1) is 43.6. The van der Waals surface area contributed by atoms with Crippen LogP contribution in [0.5, 0.6) is 69.0 Å². The number of aromatic hydroxyl groups is 4. The number of hydrogen-bond acceptors (Lipinski definition) is 8. The van der Waals surface area contributed by atoms with E-state index in [1.54, 1.807) is 97.1 Å². The van der Waals surface area contributed by atoms with Crippen LogP contribution in [-0.4, -0.2) is 20.4 Å². The minimum absolute atomic E-state index is 0.133. The van der Waals surface area contributed by atoms with E-state index in [4.69, 9.17) is 18.9 Å². The number of phenols is 4. The largest absolute Gasteiger partial charge is 0.508 e. The standard InChI is InChI=1S/C59H48O8/c1-36-30-41(10-28-55(36)64-49-20-12-45(60)13-21-49)43-32-38(3)58(66-51-24-16-47(62)17-25-51)53(34-43)57(40-8-6-5-7-9-40)54-35-44(33-39(4)59(54)67-52-26-18-48(63)19-27-52)42-11-29-56(37(2)31-42)65-50-22-14-46(61)15-23-50/h5-35,57,60-63H,1-4H3. The topological polar surface area (TPSA) is 118 Å². The van der Waals surface area contributed by atoms with E-state index in [1.165, 1.54) is 0 Å². The molecule has 9 rings (SSSR count). The van der Waals surface area contributed by atoms with Crippen LogP contribution in [0.2, 0.25) is 0 Å². The van der Waals surface area contributed by atoms with Crippen molar-refractivity contribution in [3.8, 4) is 91.2 Å². The number of rotatable bonds is 13. The summed E-state index contributed by atoms with van der Waals surface area (Å²) in [6.45, 7) is 8.11. The van der Waals surface area contributed by atoms with Gasteiger partial charge in [-0.05, 0) is 223 Å². The molecule has 0 unspecified atom stereocenters. The number of ether oxygens (including phenoxy) is 4. The Morgan fingerprint density at radius 2 is 0.642 bits per heavy atom. The molecule has 0 spiro atoms. The van der Waals surface area contributed by atoms with E-state index in [2.05, 4.69) is 48.5 Å². The van der Waals surface area contributed by atoms with Crippen molar-refractivity contribution in [3.05, 3.63) is 227 Å². The van der Waals surface area contributed by atoms with Crippen molar-refractivity contribution in [2.45, 2.75) is 33.6 Å². The third kappa shape index (κ3) is 9.89. The second-order valence-corrected chi connectivity index (χ2v) is 16.6. The van der Waals surface area contributed by atoms with E-state index >= 15 is 0 Å². The Hall–Kier alpha value is -8.62. The van der Waals surface area contributed by atoms with Crippen molar-refractivity contribution < 1.29 is 39.4 Å². The molecular weight excluding hydrogens is 837 g/mol. The van der Waals surface area contributed by atoms with Gasteiger partial charge in [0.15, 0.2) is 0 Å². The van der Waals surface area contributed by atoms with Crippen LogP contribution < -0.4 is 18.9 Å². The van der Waals surface area contributed by atoms with Crippen LogP contribution in [0.1, 0.15) is 44.9 Å². The quantitative estimate of drug-likeness (QED) is 0.0846. The van der Waals surface area contributed by atoms with Gasteiger partial charge in [0.1, 0.15) is 69.0 Å². The second-order valence-electron chi connectivity index (χ2n) is 16.6. The molecule has 0 bridgehead atoms. The van der Waals surface area contributed by atoms with Crippen LogP contribution in [0, 0.1) is 27.7 Å².